The van der Waals surface area contributed by atoms with E-state index in [2.05, 4.69) is 62.2 Å². The van der Waals surface area contributed by atoms with E-state index < -0.39 is 0 Å². The molecule has 0 aromatic heterocycles. The van der Waals surface area contributed by atoms with Crippen LogP contribution in [-0.2, 0) is 0 Å². The molecule has 0 atom stereocenters. The Bertz CT molecular complexity index is 404. The van der Waals surface area contributed by atoms with E-state index in [0.29, 0.717) is 5.92 Å². The van der Waals surface area contributed by atoms with Crippen molar-refractivity contribution in [2.45, 2.75) is 59.3 Å². The van der Waals surface area contributed by atoms with E-state index in [4.69, 9.17) is 12.2 Å². The van der Waals surface area contributed by atoms with Gasteiger partial charge in [0.05, 0.1) is 0 Å². The molecule has 0 fully saturated rings. The summed E-state index contributed by atoms with van der Waals surface area (Å²) >= 11 is 5.58. The smallest absolute Gasteiger partial charge is 0.173 e. The van der Waals surface area contributed by atoms with Crippen molar-refractivity contribution in [2.24, 2.45) is 0 Å². The molecule has 0 heterocycles. The maximum Gasteiger partial charge on any atom is 0.173 e. The Balaban J connectivity index is 2.62. The molecule has 0 saturated heterocycles. The first-order chi connectivity index (χ1) is 10.1. The van der Waals surface area contributed by atoms with Gasteiger partial charge >= 0.3 is 0 Å². The van der Waals surface area contributed by atoms with Gasteiger partial charge in [0.1, 0.15) is 0 Å². The normalized spacial score (nSPS) is 10.7. The molecular formula is C18H30N2S. The van der Waals surface area contributed by atoms with E-state index in [-0.39, 0.29) is 0 Å². The van der Waals surface area contributed by atoms with E-state index in [1.165, 1.54) is 31.2 Å². The molecule has 0 spiro atoms. The van der Waals surface area contributed by atoms with Gasteiger partial charge in [0.25, 0.3) is 0 Å². The summed E-state index contributed by atoms with van der Waals surface area (Å²) in [6, 6.07) is 8.61. The first kappa shape index (κ1) is 18.0. The van der Waals surface area contributed by atoms with Crippen LogP contribution in [-0.4, -0.2) is 23.1 Å². The number of unbranched alkanes of at least 4 members (excludes halogenated alkanes) is 2. The van der Waals surface area contributed by atoms with E-state index in [1.807, 2.05) is 0 Å². The highest BCUT2D eigenvalue weighted by Crippen LogP contribution is 2.17. The van der Waals surface area contributed by atoms with Crippen LogP contribution in [0.3, 0.4) is 0 Å². The summed E-state index contributed by atoms with van der Waals surface area (Å²) in [5.41, 5.74) is 2.45. The number of benzene rings is 1. The Hall–Kier alpha value is -1.09. The van der Waals surface area contributed by atoms with Gasteiger partial charge in [0.2, 0.25) is 0 Å². The van der Waals surface area contributed by atoms with Crippen molar-refractivity contribution in [3.05, 3.63) is 29.8 Å². The number of hydrogen-bond acceptors (Lipinski definition) is 1. The molecule has 0 unspecified atom stereocenters. The van der Waals surface area contributed by atoms with E-state index in [0.717, 1.165) is 23.9 Å². The van der Waals surface area contributed by atoms with Crippen LogP contribution < -0.4 is 5.32 Å². The maximum absolute atomic E-state index is 5.58. The van der Waals surface area contributed by atoms with Gasteiger partial charge < -0.3 is 10.2 Å². The van der Waals surface area contributed by atoms with Gasteiger partial charge in [0, 0.05) is 18.8 Å². The third-order valence-electron chi connectivity index (χ3n) is 3.68. The van der Waals surface area contributed by atoms with Crippen LogP contribution in [0.25, 0.3) is 0 Å². The fraction of sp³-hybridized carbons (Fsp3) is 0.611. The molecule has 3 heteroatoms. The minimum atomic E-state index is 0.566. The first-order valence-corrected chi connectivity index (χ1v) is 8.65. The number of hydrogen-bond donors (Lipinski definition) is 1. The minimum absolute atomic E-state index is 0.566. The predicted octanol–water partition coefficient (Wildman–Crippen LogP) is 5.41. The molecule has 1 rings (SSSR count). The van der Waals surface area contributed by atoms with E-state index in [9.17, 15) is 0 Å². The van der Waals surface area contributed by atoms with Gasteiger partial charge in [-0.25, -0.2) is 0 Å². The average molecular weight is 307 g/mol. The summed E-state index contributed by atoms with van der Waals surface area (Å²) < 4.78 is 0. The standard InChI is InChI=1S/C18H30N2S/c1-5-7-13-20(14-8-6-2)18(21)19-17-11-9-16(10-12-17)15(3)4/h9-12,15H,5-8,13-14H2,1-4H3,(H,19,21). The summed E-state index contributed by atoms with van der Waals surface area (Å²) in [7, 11) is 0. The van der Waals surface area contributed by atoms with Crippen molar-refractivity contribution in [3.8, 4) is 0 Å². The monoisotopic (exact) mass is 306 g/mol. The second-order valence-electron chi connectivity index (χ2n) is 5.90. The molecule has 1 N–H and O–H groups in total. The van der Waals surface area contributed by atoms with Gasteiger partial charge in [-0.05, 0) is 48.7 Å². The van der Waals surface area contributed by atoms with Crippen LogP contribution in [0.5, 0.6) is 0 Å². The van der Waals surface area contributed by atoms with Crippen molar-refractivity contribution in [1.82, 2.24) is 4.90 Å². The molecule has 1 aromatic carbocycles. The van der Waals surface area contributed by atoms with Crippen LogP contribution in [0.1, 0.15) is 64.9 Å². The van der Waals surface area contributed by atoms with Gasteiger partial charge in [-0.2, -0.15) is 0 Å². The number of nitrogens with one attached hydrogen (secondary N) is 1. The fourth-order valence-electron chi connectivity index (χ4n) is 2.17. The lowest BCUT2D eigenvalue weighted by Crippen LogP contribution is -2.36. The van der Waals surface area contributed by atoms with Gasteiger partial charge in [-0.15, -0.1) is 0 Å². The quantitative estimate of drug-likeness (QED) is 0.647. The van der Waals surface area contributed by atoms with Crippen molar-refractivity contribution < 1.29 is 0 Å². The number of rotatable bonds is 8. The summed E-state index contributed by atoms with van der Waals surface area (Å²) in [6.45, 7) is 11.0. The average Bonchev–Trinajstić information content (AvgIpc) is 2.47. The highest BCUT2D eigenvalue weighted by molar-refractivity contribution is 7.80. The third kappa shape index (κ3) is 6.47. The summed E-state index contributed by atoms with van der Waals surface area (Å²) in [4.78, 5) is 2.30. The highest BCUT2D eigenvalue weighted by atomic mass is 32.1. The van der Waals surface area contributed by atoms with Crippen LogP contribution in [0.4, 0.5) is 5.69 Å². The number of thiocarbonyl (C=S) groups is 1. The van der Waals surface area contributed by atoms with Gasteiger partial charge in [-0.3, -0.25) is 0 Å². The van der Waals surface area contributed by atoms with Crippen molar-refractivity contribution in [2.75, 3.05) is 18.4 Å². The van der Waals surface area contributed by atoms with Crippen molar-refractivity contribution in [3.63, 3.8) is 0 Å². The largest absolute Gasteiger partial charge is 0.349 e. The second kappa shape index (κ2) is 9.78. The second-order valence-corrected chi connectivity index (χ2v) is 6.29. The molecule has 1 aromatic rings. The Morgan fingerprint density at radius 1 is 1.05 bits per heavy atom. The maximum atomic E-state index is 5.58. The Morgan fingerprint density at radius 3 is 2.00 bits per heavy atom. The molecule has 118 valence electrons. The van der Waals surface area contributed by atoms with Gasteiger partial charge in [0.15, 0.2) is 5.11 Å². The minimum Gasteiger partial charge on any atom is -0.349 e. The Labute approximate surface area is 135 Å². The summed E-state index contributed by atoms with van der Waals surface area (Å²) in [6.07, 6.45) is 4.79. The topological polar surface area (TPSA) is 15.3 Å². The van der Waals surface area contributed by atoms with Crippen LogP contribution in [0, 0.1) is 0 Å². The number of nitrogens with zero attached hydrogens (tertiary/aromatic N) is 1. The molecule has 0 radical (unpaired) electrons. The van der Waals surface area contributed by atoms with E-state index in [1.54, 1.807) is 0 Å². The lowest BCUT2D eigenvalue weighted by molar-refractivity contribution is 0.403. The molecule has 0 saturated carbocycles. The zero-order valence-corrected chi connectivity index (χ0v) is 14.8. The highest BCUT2D eigenvalue weighted by Gasteiger charge is 2.09. The van der Waals surface area contributed by atoms with Crippen LogP contribution >= 0.6 is 12.2 Å². The van der Waals surface area contributed by atoms with Crippen molar-refractivity contribution in [1.29, 1.82) is 0 Å². The van der Waals surface area contributed by atoms with Gasteiger partial charge in [-0.1, -0.05) is 52.7 Å². The van der Waals surface area contributed by atoms with Crippen LogP contribution in [0.15, 0.2) is 24.3 Å². The molecule has 0 aliphatic heterocycles. The molecule has 2 nitrogen and oxygen atoms in total. The lowest BCUT2D eigenvalue weighted by atomic mass is 10.0. The summed E-state index contributed by atoms with van der Waals surface area (Å²) in [5, 5.41) is 4.24. The molecule has 0 aliphatic rings. The van der Waals surface area contributed by atoms with Crippen LogP contribution in [0.2, 0.25) is 0 Å². The third-order valence-corrected chi connectivity index (χ3v) is 4.04. The Morgan fingerprint density at radius 2 is 1.57 bits per heavy atom. The molecule has 0 amide bonds. The summed E-state index contributed by atoms with van der Waals surface area (Å²) in [5.74, 6) is 0.566. The molecule has 21 heavy (non-hydrogen) atoms. The Kier molecular flexibility index (Phi) is 8.36. The first-order valence-electron chi connectivity index (χ1n) is 8.24. The lowest BCUT2D eigenvalue weighted by Gasteiger charge is -2.25. The predicted molar refractivity (Wildman–Crippen MR) is 98.1 cm³/mol. The van der Waals surface area contributed by atoms with Crippen molar-refractivity contribution >= 4 is 23.0 Å². The molecule has 0 bridgehead atoms. The number of anilines is 1. The van der Waals surface area contributed by atoms with E-state index >= 15 is 0 Å². The molecular weight excluding hydrogens is 276 g/mol. The SMILES string of the molecule is CCCCN(CCCC)C(=S)Nc1ccc(C(C)C)cc1. The fourth-order valence-corrected chi connectivity index (χ4v) is 2.47. The zero-order valence-electron chi connectivity index (χ0n) is 14.0. The zero-order chi connectivity index (χ0) is 15.7. The molecule has 0 aliphatic carbocycles.